The lowest BCUT2D eigenvalue weighted by Crippen LogP contribution is -2.01. The average molecular weight is 384 g/mol. The summed E-state index contributed by atoms with van der Waals surface area (Å²) in [6.45, 7) is 0.523. The number of hydrogen-bond donors (Lipinski definition) is 1. The van der Waals surface area contributed by atoms with Gasteiger partial charge < -0.3 is 5.32 Å². The molecule has 0 bridgehead atoms. The first-order valence-corrected chi connectivity index (χ1v) is 7.06. The van der Waals surface area contributed by atoms with Crippen molar-refractivity contribution in [3.63, 3.8) is 0 Å². The van der Waals surface area contributed by atoms with Crippen LogP contribution < -0.4 is 5.32 Å². The van der Waals surface area contributed by atoms with E-state index in [1.165, 1.54) is 6.07 Å². The van der Waals surface area contributed by atoms with Crippen LogP contribution in [0.2, 0.25) is 0 Å². The monoisotopic (exact) mass is 382 g/mol. The molecule has 2 nitrogen and oxygen atoms in total. The van der Waals surface area contributed by atoms with Crippen molar-refractivity contribution in [2.24, 2.45) is 0 Å². The molecule has 2 aromatic carbocycles. The predicted octanol–water partition coefficient (Wildman–Crippen LogP) is 4.83. The zero-order chi connectivity index (χ0) is 13.8. The Morgan fingerprint density at radius 2 is 1.95 bits per heavy atom. The molecule has 0 aliphatic heterocycles. The van der Waals surface area contributed by atoms with E-state index in [0.717, 1.165) is 20.2 Å². The minimum Gasteiger partial charge on any atom is -0.380 e. The van der Waals surface area contributed by atoms with Crippen LogP contribution >= 0.6 is 31.9 Å². The van der Waals surface area contributed by atoms with Crippen molar-refractivity contribution >= 4 is 37.5 Å². The Hall–Kier alpha value is -1.38. The lowest BCUT2D eigenvalue weighted by Gasteiger charge is -2.09. The summed E-state index contributed by atoms with van der Waals surface area (Å²) in [4.78, 5) is 0. The van der Waals surface area contributed by atoms with Gasteiger partial charge in [-0.1, -0.05) is 22.0 Å². The van der Waals surface area contributed by atoms with Crippen molar-refractivity contribution in [2.45, 2.75) is 6.54 Å². The Labute approximate surface area is 127 Å². The lowest BCUT2D eigenvalue weighted by atomic mass is 10.1. The fraction of sp³-hybridized carbons (Fsp3) is 0.0714. The van der Waals surface area contributed by atoms with Gasteiger partial charge >= 0.3 is 0 Å². The highest BCUT2D eigenvalue weighted by Crippen LogP contribution is 2.26. The first-order valence-electron chi connectivity index (χ1n) is 5.47. The summed E-state index contributed by atoms with van der Waals surface area (Å²) in [5.41, 5.74) is 1.85. The average Bonchev–Trinajstić information content (AvgIpc) is 2.39. The summed E-state index contributed by atoms with van der Waals surface area (Å²) >= 11 is 6.84. The number of rotatable bonds is 3. The first kappa shape index (κ1) is 14.0. The minimum absolute atomic E-state index is 0.0640. The van der Waals surface area contributed by atoms with Crippen molar-refractivity contribution in [3.8, 4) is 6.07 Å². The SMILES string of the molecule is N#Cc1cc(CNc2ccc(Br)cc2Br)ccc1F. The quantitative estimate of drug-likeness (QED) is 0.823. The highest BCUT2D eigenvalue weighted by Gasteiger charge is 2.04. The van der Waals surface area contributed by atoms with Gasteiger partial charge in [0.25, 0.3) is 0 Å². The van der Waals surface area contributed by atoms with Gasteiger partial charge in [-0.2, -0.15) is 5.26 Å². The number of halogens is 3. The molecular weight excluding hydrogens is 375 g/mol. The van der Waals surface area contributed by atoms with Crippen molar-refractivity contribution in [3.05, 3.63) is 62.3 Å². The smallest absolute Gasteiger partial charge is 0.140 e. The molecule has 0 saturated carbocycles. The van der Waals surface area contributed by atoms with Crippen LogP contribution in [-0.4, -0.2) is 0 Å². The number of nitrogens with zero attached hydrogens (tertiary/aromatic N) is 1. The zero-order valence-electron chi connectivity index (χ0n) is 9.75. The van der Waals surface area contributed by atoms with Crippen LogP contribution in [0, 0.1) is 17.1 Å². The maximum absolute atomic E-state index is 13.2. The van der Waals surface area contributed by atoms with Crippen LogP contribution in [0.5, 0.6) is 0 Å². The summed E-state index contributed by atoms with van der Waals surface area (Å²) in [5.74, 6) is -0.490. The maximum Gasteiger partial charge on any atom is 0.140 e. The van der Waals surface area contributed by atoms with E-state index in [9.17, 15) is 4.39 Å². The largest absolute Gasteiger partial charge is 0.380 e. The molecule has 0 radical (unpaired) electrons. The van der Waals surface area contributed by atoms with Gasteiger partial charge in [-0.3, -0.25) is 0 Å². The topological polar surface area (TPSA) is 35.8 Å². The van der Waals surface area contributed by atoms with Crippen molar-refractivity contribution in [1.29, 1.82) is 5.26 Å². The van der Waals surface area contributed by atoms with E-state index >= 15 is 0 Å². The van der Waals surface area contributed by atoms with Gasteiger partial charge in [0.2, 0.25) is 0 Å². The fourth-order valence-electron chi connectivity index (χ4n) is 1.60. The highest BCUT2D eigenvalue weighted by atomic mass is 79.9. The van der Waals surface area contributed by atoms with Crippen molar-refractivity contribution < 1.29 is 4.39 Å². The second-order valence-corrected chi connectivity index (χ2v) is 5.67. The van der Waals surface area contributed by atoms with E-state index in [-0.39, 0.29) is 5.56 Å². The Morgan fingerprint density at radius 1 is 1.16 bits per heavy atom. The molecule has 0 aliphatic carbocycles. The molecule has 0 saturated heterocycles. The van der Waals surface area contributed by atoms with Gasteiger partial charge in [-0.25, -0.2) is 4.39 Å². The normalized spacial score (nSPS) is 10.0. The third kappa shape index (κ3) is 3.55. The molecule has 5 heteroatoms. The maximum atomic E-state index is 13.2. The van der Waals surface area contributed by atoms with Crippen molar-refractivity contribution in [2.75, 3.05) is 5.32 Å². The van der Waals surface area contributed by atoms with Crippen LogP contribution in [0.3, 0.4) is 0 Å². The summed E-state index contributed by atoms with van der Waals surface area (Å²) in [5, 5.41) is 12.0. The number of nitrogens with one attached hydrogen (secondary N) is 1. The summed E-state index contributed by atoms with van der Waals surface area (Å²) in [6, 6.07) is 12.2. The molecule has 19 heavy (non-hydrogen) atoms. The third-order valence-corrected chi connectivity index (χ3v) is 3.71. The molecule has 2 rings (SSSR count). The van der Waals surface area contributed by atoms with Gasteiger partial charge in [0.15, 0.2) is 0 Å². The minimum atomic E-state index is -0.490. The van der Waals surface area contributed by atoms with Gasteiger partial charge in [0.05, 0.1) is 5.56 Å². The standard InChI is InChI=1S/C14H9Br2FN2/c15-11-2-4-14(12(16)6-11)19-8-9-1-3-13(17)10(5-9)7-18/h1-6,19H,8H2. The highest BCUT2D eigenvalue weighted by molar-refractivity contribution is 9.11. The molecular formula is C14H9Br2FN2. The van der Waals surface area contributed by atoms with E-state index < -0.39 is 5.82 Å². The van der Waals surface area contributed by atoms with Gasteiger partial charge in [-0.05, 0) is 51.8 Å². The summed E-state index contributed by atoms with van der Waals surface area (Å²) in [6.07, 6.45) is 0. The first-order chi connectivity index (χ1) is 9.10. The Balaban J connectivity index is 2.13. The molecule has 0 heterocycles. The van der Waals surface area contributed by atoms with Crippen LogP contribution in [0.25, 0.3) is 0 Å². The molecule has 0 atom stereocenters. The van der Waals surface area contributed by atoms with E-state index in [1.807, 2.05) is 24.3 Å². The molecule has 0 aliphatic rings. The molecule has 0 spiro atoms. The number of hydrogen-bond acceptors (Lipinski definition) is 2. The predicted molar refractivity (Wildman–Crippen MR) is 80.3 cm³/mol. The number of anilines is 1. The van der Waals surface area contributed by atoms with Crippen LogP contribution in [0.1, 0.15) is 11.1 Å². The van der Waals surface area contributed by atoms with Gasteiger partial charge in [0, 0.05) is 21.2 Å². The van der Waals surface area contributed by atoms with E-state index in [1.54, 1.807) is 12.1 Å². The molecule has 0 amide bonds. The Morgan fingerprint density at radius 3 is 2.63 bits per heavy atom. The van der Waals surface area contributed by atoms with Crippen LogP contribution in [-0.2, 0) is 6.54 Å². The molecule has 0 fully saturated rings. The second-order valence-electron chi connectivity index (χ2n) is 3.90. The number of benzene rings is 2. The van der Waals surface area contributed by atoms with Crippen LogP contribution in [0.15, 0.2) is 45.3 Å². The van der Waals surface area contributed by atoms with E-state index in [2.05, 4.69) is 37.2 Å². The van der Waals surface area contributed by atoms with Gasteiger partial charge in [-0.15, -0.1) is 0 Å². The second kappa shape index (κ2) is 6.18. The number of nitriles is 1. The molecule has 0 aromatic heterocycles. The summed E-state index contributed by atoms with van der Waals surface area (Å²) < 4.78 is 15.1. The summed E-state index contributed by atoms with van der Waals surface area (Å²) in [7, 11) is 0. The van der Waals surface area contributed by atoms with Gasteiger partial charge in [0.1, 0.15) is 11.9 Å². The lowest BCUT2D eigenvalue weighted by molar-refractivity contribution is 0.623. The van der Waals surface area contributed by atoms with Crippen molar-refractivity contribution in [1.82, 2.24) is 0 Å². The Kier molecular flexibility index (Phi) is 4.56. The molecule has 96 valence electrons. The molecule has 1 N–H and O–H groups in total. The third-order valence-electron chi connectivity index (χ3n) is 2.57. The van der Waals surface area contributed by atoms with Crippen LogP contribution in [0.4, 0.5) is 10.1 Å². The molecule has 0 unspecified atom stereocenters. The van der Waals surface area contributed by atoms with E-state index in [4.69, 9.17) is 5.26 Å². The Bertz CT molecular complexity index is 650. The molecule has 2 aromatic rings. The van der Waals surface area contributed by atoms with E-state index in [0.29, 0.717) is 6.54 Å². The fourth-order valence-corrected chi connectivity index (χ4v) is 2.79. The zero-order valence-corrected chi connectivity index (χ0v) is 12.9.